The smallest absolute Gasteiger partial charge is 0.453 e. The molecule has 2 saturated heterocycles. The summed E-state index contributed by atoms with van der Waals surface area (Å²) in [6.07, 6.45) is -2.51. The molecule has 13 heteroatoms. The van der Waals surface area contributed by atoms with Crippen molar-refractivity contribution in [3.8, 4) is 17.2 Å². The summed E-state index contributed by atoms with van der Waals surface area (Å²) in [7, 11) is 2.99. The van der Waals surface area contributed by atoms with E-state index in [9.17, 15) is 13.2 Å². The molecule has 8 nitrogen and oxygen atoms in total. The number of tetrazole rings is 1. The monoisotopic (exact) mass is 650 g/mol. The van der Waals surface area contributed by atoms with Gasteiger partial charge < -0.3 is 9.47 Å². The van der Waals surface area contributed by atoms with Gasteiger partial charge in [0.1, 0.15) is 11.4 Å². The molecule has 0 radical (unpaired) electrons. The number of ether oxygens (including phenoxy) is 2. The number of halogens is 5. The van der Waals surface area contributed by atoms with Crippen LogP contribution in [0.1, 0.15) is 41.3 Å². The number of aromatic nitrogens is 4. The molecule has 0 aliphatic carbocycles. The van der Waals surface area contributed by atoms with E-state index in [1.165, 1.54) is 24.3 Å². The van der Waals surface area contributed by atoms with Gasteiger partial charge in [-0.1, -0.05) is 60.7 Å². The summed E-state index contributed by atoms with van der Waals surface area (Å²) in [6.45, 7) is 3.07. The van der Waals surface area contributed by atoms with Crippen LogP contribution in [0.3, 0.4) is 0 Å². The van der Waals surface area contributed by atoms with Crippen molar-refractivity contribution in [3.05, 3.63) is 95.3 Å². The van der Waals surface area contributed by atoms with Crippen molar-refractivity contribution in [1.82, 2.24) is 30.0 Å². The van der Waals surface area contributed by atoms with Crippen molar-refractivity contribution in [2.75, 3.05) is 33.9 Å². The van der Waals surface area contributed by atoms with Crippen molar-refractivity contribution < 1.29 is 22.6 Å². The SMILES string of the molecule is COc1ccc(-n2nnnc2C(F)(F)F)c(OC)c1CN1C[C@@H]2CCCN2[C@H](C(c2ccccc2)c2ccccc2)C1.Cl.Cl. The van der Waals surface area contributed by atoms with Gasteiger partial charge in [0.25, 0.3) is 5.82 Å². The molecule has 236 valence electrons. The van der Waals surface area contributed by atoms with Gasteiger partial charge in [-0.25, -0.2) is 0 Å². The van der Waals surface area contributed by atoms with Crippen LogP contribution in [0, 0.1) is 0 Å². The predicted molar refractivity (Wildman–Crippen MR) is 165 cm³/mol. The molecule has 2 aliphatic rings. The molecule has 0 unspecified atom stereocenters. The van der Waals surface area contributed by atoms with Gasteiger partial charge in [0, 0.05) is 37.6 Å². The van der Waals surface area contributed by atoms with Gasteiger partial charge >= 0.3 is 6.18 Å². The highest BCUT2D eigenvalue weighted by molar-refractivity contribution is 5.85. The molecule has 0 spiro atoms. The summed E-state index contributed by atoms with van der Waals surface area (Å²) in [4.78, 5) is 5.03. The summed E-state index contributed by atoms with van der Waals surface area (Å²) < 4.78 is 53.2. The molecule has 3 aromatic carbocycles. The minimum Gasteiger partial charge on any atom is -0.496 e. The van der Waals surface area contributed by atoms with Crippen LogP contribution in [-0.4, -0.2) is 75.9 Å². The van der Waals surface area contributed by atoms with Gasteiger partial charge in [-0.05, 0) is 53.1 Å². The van der Waals surface area contributed by atoms with Crippen LogP contribution in [0.5, 0.6) is 11.5 Å². The minimum absolute atomic E-state index is 0. The van der Waals surface area contributed by atoms with E-state index in [0.29, 0.717) is 28.6 Å². The number of methoxy groups -OCH3 is 2. The Morgan fingerprint density at radius 3 is 2.14 bits per heavy atom. The number of fused-ring (bicyclic) bond motifs is 1. The molecule has 0 amide bonds. The first kappa shape index (κ1) is 33.5. The number of benzene rings is 3. The van der Waals surface area contributed by atoms with E-state index in [1.807, 2.05) is 12.1 Å². The summed E-state index contributed by atoms with van der Waals surface area (Å²) in [5, 5.41) is 10.2. The zero-order valence-electron chi connectivity index (χ0n) is 24.4. The van der Waals surface area contributed by atoms with Crippen LogP contribution in [0.4, 0.5) is 13.2 Å². The van der Waals surface area contributed by atoms with Gasteiger partial charge in [0.15, 0.2) is 5.75 Å². The lowest BCUT2D eigenvalue weighted by molar-refractivity contribution is -0.146. The lowest BCUT2D eigenvalue weighted by Crippen LogP contribution is -2.57. The molecule has 0 N–H and O–H groups in total. The highest BCUT2D eigenvalue weighted by Crippen LogP contribution is 2.41. The molecule has 3 heterocycles. The number of alkyl halides is 3. The normalized spacial score (nSPS) is 18.8. The average molecular weight is 652 g/mol. The second-order valence-corrected chi connectivity index (χ2v) is 10.8. The van der Waals surface area contributed by atoms with Crippen LogP contribution >= 0.6 is 24.8 Å². The van der Waals surface area contributed by atoms with E-state index in [4.69, 9.17) is 9.47 Å². The zero-order chi connectivity index (χ0) is 29.3. The highest BCUT2D eigenvalue weighted by atomic mass is 35.5. The molecule has 1 aromatic heterocycles. The fourth-order valence-corrected chi connectivity index (χ4v) is 6.70. The van der Waals surface area contributed by atoms with E-state index in [0.717, 1.165) is 32.5 Å². The summed E-state index contributed by atoms with van der Waals surface area (Å²) >= 11 is 0. The van der Waals surface area contributed by atoms with Crippen LogP contribution in [0.2, 0.25) is 0 Å². The van der Waals surface area contributed by atoms with Gasteiger partial charge in [-0.2, -0.15) is 17.9 Å². The van der Waals surface area contributed by atoms with E-state index in [-0.39, 0.29) is 48.2 Å². The van der Waals surface area contributed by atoms with Gasteiger partial charge in [-0.15, -0.1) is 29.9 Å². The first-order valence-electron chi connectivity index (χ1n) is 14.1. The van der Waals surface area contributed by atoms with E-state index in [1.54, 1.807) is 13.2 Å². The Morgan fingerprint density at radius 2 is 1.55 bits per heavy atom. The van der Waals surface area contributed by atoms with Gasteiger partial charge in [0.05, 0.1) is 19.8 Å². The third kappa shape index (κ3) is 6.51. The molecule has 4 aromatic rings. The van der Waals surface area contributed by atoms with Crippen LogP contribution in [0.15, 0.2) is 72.8 Å². The molecule has 0 saturated carbocycles. The maximum absolute atomic E-state index is 13.7. The number of piperazine rings is 1. The lowest BCUT2D eigenvalue weighted by atomic mass is 9.82. The highest BCUT2D eigenvalue weighted by Gasteiger charge is 2.43. The zero-order valence-corrected chi connectivity index (χ0v) is 26.0. The summed E-state index contributed by atoms with van der Waals surface area (Å²) in [5.41, 5.74) is 3.28. The van der Waals surface area contributed by atoms with Crippen molar-refractivity contribution >= 4 is 24.8 Å². The third-order valence-electron chi connectivity index (χ3n) is 8.42. The van der Waals surface area contributed by atoms with Crippen molar-refractivity contribution in [2.24, 2.45) is 0 Å². The van der Waals surface area contributed by atoms with E-state index >= 15 is 0 Å². The van der Waals surface area contributed by atoms with E-state index in [2.05, 4.69) is 73.9 Å². The molecular formula is C31H35Cl2F3N6O2. The van der Waals surface area contributed by atoms with Gasteiger partial charge in [0.2, 0.25) is 0 Å². The number of hydrogen-bond donors (Lipinski definition) is 0. The number of hydrogen-bond acceptors (Lipinski definition) is 7. The molecule has 2 aliphatic heterocycles. The maximum Gasteiger partial charge on any atom is 0.453 e. The van der Waals surface area contributed by atoms with E-state index < -0.39 is 12.0 Å². The van der Waals surface area contributed by atoms with Crippen molar-refractivity contribution in [3.63, 3.8) is 0 Å². The Kier molecular flexibility index (Phi) is 10.8. The Labute approximate surface area is 267 Å². The quantitative estimate of drug-likeness (QED) is 0.231. The Balaban J connectivity index is 0.00000221. The maximum atomic E-state index is 13.7. The van der Waals surface area contributed by atoms with Crippen LogP contribution in [-0.2, 0) is 12.7 Å². The van der Waals surface area contributed by atoms with Crippen LogP contribution in [0.25, 0.3) is 5.69 Å². The second-order valence-electron chi connectivity index (χ2n) is 10.8. The molecule has 44 heavy (non-hydrogen) atoms. The topological polar surface area (TPSA) is 68.5 Å². The van der Waals surface area contributed by atoms with Crippen LogP contribution < -0.4 is 9.47 Å². The average Bonchev–Trinajstić information content (AvgIpc) is 3.69. The van der Waals surface area contributed by atoms with Crippen molar-refractivity contribution in [2.45, 2.75) is 43.6 Å². The summed E-state index contributed by atoms with van der Waals surface area (Å²) in [5.74, 6) is -0.280. The third-order valence-corrected chi connectivity index (χ3v) is 8.42. The first-order valence-corrected chi connectivity index (χ1v) is 14.1. The van der Waals surface area contributed by atoms with Crippen molar-refractivity contribution in [1.29, 1.82) is 0 Å². The standard InChI is InChI=1S/C31H33F3N6O2.2ClH/c1-41-27-16-15-25(40-30(31(32,33)34)35-36-37-40)29(42-2)24(27)19-38-18-23-14-9-17-39(23)26(20-38)28(21-10-5-3-6-11-21)22-12-7-4-8-13-22;;/h3-8,10-13,15-16,23,26,28H,9,14,17-20H2,1-2H3;2*1H/t23-,26-;;/m0../s1. The van der Waals surface area contributed by atoms with Gasteiger partial charge in [-0.3, -0.25) is 9.80 Å². The molecule has 2 fully saturated rings. The first-order chi connectivity index (χ1) is 20.4. The second kappa shape index (κ2) is 14.2. The largest absolute Gasteiger partial charge is 0.496 e. The molecular weight excluding hydrogens is 616 g/mol. The molecule has 0 bridgehead atoms. The number of rotatable bonds is 8. The Hall–Kier alpha value is -3.38. The fourth-order valence-electron chi connectivity index (χ4n) is 6.70. The number of nitrogens with zero attached hydrogens (tertiary/aromatic N) is 6. The molecule has 6 rings (SSSR count). The Morgan fingerprint density at radius 1 is 0.886 bits per heavy atom. The lowest BCUT2D eigenvalue weighted by Gasteiger charge is -2.47. The summed E-state index contributed by atoms with van der Waals surface area (Å²) in [6, 6.07) is 24.9. The molecule has 2 atom stereocenters. The Bertz CT molecular complexity index is 1470. The fraction of sp³-hybridized carbons (Fsp3) is 0.387. The minimum atomic E-state index is -4.73. The predicted octanol–water partition coefficient (Wildman–Crippen LogP) is 6.02.